The number of anilines is 1. The van der Waals surface area contributed by atoms with Crippen molar-refractivity contribution in [2.24, 2.45) is 0 Å². The topological polar surface area (TPSA) is 47.6 Å². The Kier molecular flexibility index (Phi) is 4.85. The summed E-state index contributed by atoms with van der Waals surface area (Å²) in [6, 6.07) is 10.9. The highest BCUT2D eigenvalue weighted by atomic mass is 79.9. The summed E-state index contributed by atoms with van der Waals surface area (Å²) in [6.07, 6.45) is 0. The summed E-state index contributed by atoms with van der Waals surface area (Å²) in [5.41, 5.74) is 2.19. The molecule has 4 nitrogen and oxygen atoms in total. The van der Waals surface area contributed by atoms with Crippen LogP contribution in [0.25, 0.3) is 0 Å². The molecule has 0 heterocycles. The molecule has 1 amide bonds. The Labute approximate surface area is 132 Å². The number of nitrogens with one attached hydrogen (secondary N) is 1. The molecule has 0 aliphatic rings. The van der Waals surface area contributed by atoms with Gasteiger partial charge in [-0.05, 0) is 47.1 Å². The van der Waals surface area contributed by atoms with Gasteiger partial charge in [0, 0.05) is 10.5 Å². The summed E-state index contributed by atoms with van der Waals surface area (Å²) < 4.78 is 11.2. The molecule has 0 aliphatic carbocycles. The normalized spacial score (nSPS) is 10.1. The molecule has 0 spiro atoms. The Hall–Kier alpha value is -2.01. The summed E-state index contributed by atoms with van der Waals surface area (Å²) >= 11 is 3.39. The van der Waals surface area contributed by atoms with Gasteiger partial charge in [-0.2, -0.15) is 0 Å². The van der Waals surface area contributed by atoms with E-state index in [4.69, 9.17) is 9.47 Å². The van der Waals surface area contributed by atoms with E-state index in [-0.39, 0.29) is 5.91 Å². The molecule has 21 heavy (non-hydrogen) atoms. The Morgan fingerprint density at radius 2 is 1.86 bits per heavy atom. The van der Waals surface area contributed by atoms with Crippen LogP contribution in [-0.2, 0) is 0 Å². The van der Waals surface area contributed by atoms with Crippen LogP contribution in [0.5, 0.6) is 11.5 Å². The Morgan fingerprint density at radius 3 is 2.52 bits per heavy atom. The average molecular weight is 350 g/mol. The zero-order valence-corrected chi connectivity index (χ0v) is 13.7. The number of ether oxygens (including phenoxy) is 2. The van der Waals surface area contributed by atoms with Crippen molar-refractivity contribution in [1.82, 2.24) is 0 Å². The third-order valence-electron chi connectivity index (χ3n) is 3.02. The number of hydrogen-bond acceptors (Lipinski definition) is 3. The van der Waals surface area contributed by atoms with Gasteiger partial charge in [-0.3, -0.25) is 4.79 Å². The number of amides is 1. The smallest absolute Gasteiger partial charge is 0.256 e. The van der Waals surface area contributed by atoms with Crippen LogP contribution < -0.4 is 14.8 Å². The van der Waals surface area contributed by atoms with Gasteiger partial charge in [-0.15, -0.1) is 0 Å². The average Bonchev–Trinajstić information content (AvgIpc) is 2.49. The second-order valence-corrected chi connectivity index (χ2v) is 5.36. The maximum Gasteiger partial charge on any atom is 0.256 e. The van der Waals surface area contributed by atoms with Crippen molar-refractivity contribution in [3.63, 3.8) is 0 Å². The molecule has 5 heteroatoms. The number of hydrogen-bond donors (Lipinski definition) is 1. The first kappa shape index (κ1) is 15.4. The molecule has 0 fully saturated rings. The molecule has 0 saturated heterocycles. The summed E-state index contributed by atoms with van der Waals surface area (Å²) in [5, 5.41) is 2.85. The summed E-state index contributed by atoms with van der Waals surface area (Å²) in [6.45, 7) is 1.94. The molecule has 0 aliphatic heterocycles. The molecule has 2 aromatic rings. The lowest BCUT2D eigenvalue weighted by Crippen LogP contribution is -2.13. The highest BCUT2D eigenvalue weighted by molar-refractivity contribution is 9.10. The van der Waals surface area contributed by atoms with E-state index in [1.165, 1.54) is 0 Å². The zero-order chi connectivity index (χ0) is 15.4. The number of carbonyl (C=O) groups is 1. The number of benzene rings is 2. The van der Waals surface area contributed by atoms with Gasteiger partial charge in [0.25, 0.3) is 5.91 Å². The minimum Gasteiger partial charge on any atom is -0.497 e. The van der Waals surface area contributed by atoms with Crippen LogP contribution in [0.3, 0.4) is 0 Å². The molecular weight excluding hydrogens is 334 g/mol. The van der Waals surface area contributed by atoms with E-state index >= 15 is 0 Å². The molecule has 0 atom stereocenters. The van der Waals surface area contributed by atoms with E-state index in [0.717, 1.165) is 10.0 Å². The first-order valence-corrected chi connectivity index (χ1v) is 7.14. The Balaban J connectivity index is 2.29. The van der Waals surface area contributed by atoms with E-state index in [2.05, 4.69) is 21.2 Å². The second-order valence-electron chi connectivity index (χ2n) is 4.50. The fraction of sp³-hybridized carbons (Fsp3) is 0.188. The number of carbonyl (C=O) groups excluding carboxylic acids is 1. The predicted octanol–water partition coefficient (Wildman–Crippen LogP) is 4.03. The highest BCUT2D eigenvalue weighted by Gasteiger charge is 2.13. The minimum absolute atomic E-state index is 0.200. The SMILES string of the molecule is COc1ccc(NC(=O)c2cc(C)ccc2Br)c(OC)c1. The van der Waals surface area contributed by atoms with Gasteiger partial charge in [0.15, 0.2) is 0 Å². The molecular formula is C16H16BrNO3. The van der Waals surface area contributed by atoms with Gasteiger partial charge in [0.2, 0.25) is 0 Å². The van der Waals surface area contributed by atoms with Gasteiger partial charge in [-0.25, -0.2) is 0 Å². The van der Waals surface area contributed by atoms with Gasteiger partial charge in [0.1, 0.15) is 11.5 Å². The first-order valence-electron chi connectivity index (χ1n) is 6.34. The lowest BCUT2D eigenvalue weighted by atomic mass is 10.1. The van der Waals surface area contributed by atoms with Crippen LogP contribution >= 0.6 is 15.9 Å². The zero-order valence-electron chi connectivity index (χ0n) is 12.1. The van der Waals surface area contributed by atoms with E-state index in [1.807, 2.05) is 25.1 Å². The molecule has 0 unspecified atom stereocenters. The molecule has 0 radical (unpaired) electrons. The second kappa shape index (κ2) is 6.63. The highest BCUT2D eigenvalue weighted by Crippen LogP contribution is 2.30. The third-order valence-corrected chi connectivity index (χ3v) is 3.71. The Morgan fingerprint density at radius 1 is 1.10 bits per heavy atom. The van der Waals surface area contributed by atoms with Gasteiger partial charge in [-0.1, -0.05) is 11.6 Å². The molecule has 0 aromatic heterocycles. The van der Waals surface area contributed by atoms with Crippen molar-refractivity contribution < 1.29 is 14.3 Å². The van der Waals surface area contributed by atoms with E-state index in [1.54, 1.807) is 32.4 Å². The molecule has 110 valence electrons. The van der Waals surface area contributed by atoms with E-state index in [9.17, 15) is 4.79 Å². The Bertz CT molecular complexity index is 671. The van der Waals surface area contributed by atoms with E-state index < -0.39 is 0 Å². The number of aryl methyl sites for hydroxylation is 1. The lowest BCUT2D eigenvalue weighted by molar-refractivity contribution is 0.102. The standard InChI is InChI=1S/C16H16BrNO3/c1-10-4-6-13(17)12(8-10)16(19)18-14-7-5-11(20-2)9-15(14)21-3/h4-9H,1-3H3,(H,18,19). The fourth-order valence-electron chi connectivity index (χ4n) is 1.90. The quantitative estimate of drug-likeness (QED) is 0.906. The monoisotopic (exact) mass is 349 g/mol. The van der Waals surface area contributed by atoms with Crippen LogP contribution in [0, 0.1) is 6.92 Å². The van der Waals surface area contributed by atoms with Gasteiger partial charge >= 0.3 is 0 Å². The maximum absolute atomic E-state index is 12.4. The largest absolute Gasteiger partial charge is 0.497 e. The number of methoxy groups -OCH3 is 2. The molecule has 2 rings (SSSR count). The lowest BCUT2D eigenvalue weighted by Gasteiger charge is -2.12. The van der Waals surface area contributed by atoms with Crippen LogP contribution in [0.1, 0.15) is 15.9 Å². The van der Waals surface area contributed by atoms with Crippen LogP contribution in [0.4, 0.5) is 5.69 Å². The van der Waals surface area contributed by atoms with Crippen molar-refractivity contribution in [3.05, 3.63) is 52.0 Å². The van der Waals surface area contributed by atoms with Crippen LogP contribution in [-0.4, -0.2) is 20.1 Å². The van der Waals surface area contributed by atoms with Crippen molar-refractivity contribution in [3.8, 4) is 11.5 Å². The van der Waals surface area contributed by atoms with Crippen molar-refractivity contribution in [2.75, 3.05) is 19.5 Å². The van der Waals surface area contributed by atoms with Gasteiger partial charge < -0.3 is 14.8 Å². The minimum atomic E-state index is -0.200. The third kappa shape index (κ3) is 3.55. The molecule has 1 N–H and O–H groups in total. The van der Waals surface area contributed by atoms with E-state index in [0.29, 0.717) is 22.7 Å². The summed E-state index contributed by atoms with van der Waals surface area (Å²) in [7, 11) is 3.13. The molecule has 2 aromatic carbocycles. The van der Waals surface area contributed by atoms with Crippen LogP contribution in [0.15, 0.2) is 40.9 Å². The number of rotatable bonds is 4. The van der Waals surface area contributed by atoms with Crippen molar-refractivity contribution in [1.29, 1.82) is 0 Å². The number of halogens is 1. The fourth-order valence-corrected chi connectivity index (χ4v) is 2.33. The predicted molar refractivity (Wildman–Crippen MR) is 86.4 cm³/mol. The molecule has 0 bridgehead atoms. The van der Waals surface area contributed by atoms with Crippen molar-refractivity contribution in [2.45, 2.75) is 6.92 Å². The summed E-state index contributed by atoms with van der Waals surface area (Å²) in [5.74, 6) is 1.02. The molecule has 0 saturated carbocycles. The van der Waals surface area contributed by atoms with Gasteiger partial charge in [0.05, 0.1) is 25.5 Å². The maximum atomic E-state index is 12.4. The summed E-state index contributed by atoms with van der Waals surface area (Å²) in [4.78, 5) is 12.4. The van der Waals surface area contributed by atoms with Crippen LogP contribution in [0.2, 0.25) is 0 Å². The van der Waals surface area contributed by atoms with Crippen molar-refractivity contribution >= 4 is 27.5 Å². The first-order chi connectivity index (χ1) is 10.0.